The zero-order chi connectivity index (χ0) is 28.5. The average Bonchev–Trinajstić information content (AvgIpc) is 2.93. The van der Waals surface area contributed by atoms with Crippen molar-refractivity contribution < 1.29 is 63.7 Å². The van der Waals surface area contributed by atoms with Gasteiger partial charge in [-0.15, -0.1) is 10.2 Å². The van der Waals surface area contributed by atoms with Gasteiger partial charge in [0.2, 0.25) is 0 Å². The highest BCUT2D eigenvalue weighted by Crippen LogP contribution is 2.05. The first-order chi connectivity index (χ1) is 18.7. The van der Waals surface area contributed by atoms with Crippen molar-refractivity contribution in [2.24, 2.45) is 20.4 Å². The molecule has 0 aliphatic heterocycles. The number of aliphatic carboxylic acids is 3. The molecule has 0 fully saturated rings. The summed E-state index contributed by atoms with van der Waals surface area (Å²) >= 11 is 0. The highest BCUT2D eigenvalue weighted by Gasteiger charge is 2.10. The summed E-state index contributed by atoms with van der Waals surface area (Å²) < 4.78 is 5.20. The molecule has 0 unspecified atom stereocenters. The molecule has 0 aliphatic carbocycles. The van der Waals surface area contributed by atoms with Crippen LogP contribution in [0.25, 0.3) is 0 Å². The minimum absolute atomic E-state index is 0. The van der Waals surface area contributed by atoms with Crippen molar-refractivity contribution >= 4 is 29.6 Å². The lowest BCUT2D eigenvalue weighted by molar-refractivity contribution is -0.696. The van der Waals surface area contributed by atoms with Crippen molar-refractivity contribution in [3.63, 3.8) is 0 Å². The number of aromatic nitrogens is 3. The molecule has 3 aromatic rings. The highest BCUT2D eigenvalue weighted by molar-refractivity contribution is 5.79. The minimum atomic E-state index is -0.894. The van der Waals surface area contributed by atoms with Crippen molar-refractivity contribution in [3.8, 4) is 0 Å². The van der Waals surface area contributed by atoms with E-state index in [1.165, 1.54) is 0 Å². The molecule has 3 aromatic heterocycles. The standard InChI is InChI=1S/C18H20N6O4.C8H9NO2.2ClH/c1-14(19-21-15-6-2-4-10-23(15)12-8-17(25)26)20-22-16-7-3-5-11-24(16)13-9-18(27)28;10-8(11)4-7-9-5-2-1-3-6-9;;/h2-7,10-11H,8-9,12-13H2,1H3,(H-,25,26,27,28);1-3,5-6H,4,7H2;2*1H. The molecule has 0 atom stereocenters. The van der Waals surface area contributed by atoms with Gasteiger partial charge in [-0.1, -0.05) is 18.2 Å². The number of pyridine rings is 3. The number of hydrogen-bond acceptors (Lipinski definition) is 6. The van der Waals surface area contributed by atoms with Gasteiger partial charge < -0.3 is 44.7 Å². The molecule has 0 saturated heterocycles. The molecule has 15 heteroatoms. The minimum Gasteiger partial charge on any atom is -1.00 e. The first-order valence-electron chi connectivity index (χ1n) is 12.0. The number of carbonyl (C=O) groups is 3. The number of halogens is 2. The second-order valence-electron chi connectivity index (χ2n) is 8.00. The maximum atomic E-state index is 10.7. The number of amidine groups is 1. The Hall–Kier alpha value is -4.49. The number of hydrogen-bond donors (Lipinski definition) is 3. The summed E-state index contributed by atoms with van der Waals surface area (Å²) in [4.78, 5) is 31.7. The van der Waals surface area contributed by atoms with E-state index in [4.69, 9.17) is 15.3 Å². The lowest BCUT2D eigenvalue weighted by Gasteiger charge is -2.03. The average molecular weight is 608 g/mol. The van der Waals surface area contributed by atoms with Gasteiger partial charge in [-0.3, -0.25) is 14.4 Å². The Labute approximate surface area is 248 Å². The molecule has 0 aromatic carbocycles. The smallest absolute Gasteiger partial charge is 0.350 e. The molecule has 3 N–H and O–H groups in total. The molecule has 220 valence electrons. The maximum Gasteiger partial charge on any atom is 0.350 e. The predicted molar refractivity (Wildman–Crippen MR) is 138 cm³/mol. The number of carboxylic acid groups (broad SMARTS) is 3. The molecule has 3 rings (SSSR count). The van der Waals surface area contributed by atoms with Crippen molar-refractivity contribution in [1.82, 2.24) is 4.57 Å². The molecular formula is C26H31Cl2N7O6. The fraction of sp³-hybridized carbons (Fsp3) is 0.269. The lowest BCUT2D eigenvalue weighted by Crippen LogP contribution is -3.00. The van der Waals surface area contributed by atoms with Gasteiger partial charge in [0.25, 0.3) is 0 Å². The Morgan fingerprint density at radius 3 is 2.05 bits per heavy atom. The van der Waals surface area contributed by atoms with Crippen LogP contribution in [0.1, 0.15) is 26.2 Å². The van der Waals surface area contributed by atoms with E-state index in [9.17, 15) is 14.4 Å². The van der Waals surface area contributed by atoms with E-state index in [1.54, 1.807) is 64.8 Å². The third-order valence-corrected chi connectivity index (χ3v) is 4.92. The molecule has 0 aliphatic rings. The van der Waals surface area contributed by atoms with Crippen LogP contribution in [-0.2, 0) is 34.0 Å². The van der Waals surface area contributed by atoms with Crippen molar-refractivity contribution in [1.29, 1.82) is 0 Å². The number of nitrogens with zero attached hydrogens (tertiary/aromatic N) is 7. The predicted octanol–water partition coefficient (Wildman–Crippen LogP) is -3.80. The van der Waals surface area contributed by atoms with E-state index < -0.39 is 17.9 Å². The van der Waals surface area contributed by atoms with Gasteiger partial charge in [-0.2, -0.15) is 0 Å². The maximum absolute atomic E-state index is 10.7. The molecular weight excluding hydrogens is 577 g/mol. The lowest BCUT2D eigenvalue weighted by atomic mass is 10.4. The summed E-state index contributed by atoms with van der Waals surface area (Å²) in [7, 11) is 0. The first-order valence-corrected chi connectivity index (χ1v) is 12.0. The Bertz CT molecular complexity index is 1380. The number of aryl methyl sites for hydroxylation is 3. The van der Waals surface area contributed by atoms with Crippen molar-refractivity contribution in [2.45, 2.75) is 45.8 Å². The number of rotatable bonds is 11. The van der Waals surface area contributed by atoms with Gasteiger partial charge in [0.15, 0.2) is 30.3 Å². The van der Waals surface area contributed by atoms with E-state index >= 15 is 0 Å². The second-order valence-corrected chi connectivity index (χ2v) is 8.00. The zero-order valence-corrected chi connectivity index (χ0v) is 23.7. The molecule has 0 amide bonds. The molecule has 0 radical (unpaired) electrons. The van der Waals surface area contributed by atoms with Crippen LogP contribution in [0.15, 0.2) is 99.8 Å². The fourth-order valence-electron chi connectivity index (χ4n) is 3.00. The van der Waals surface area contributed by atoms with Crippen molar-refractivity contribution in [3.05, 3.63) is 84.9 Å². The second kappa shape index (κ2) is 20.4. The van der Waals surface area contributed by atoms with Gasteiger partial charge in [0, 0.05) is 37.9 Å². The highest BCUT2D eigenvalue weighted by atomic mass is 35.5. The Morgan fingerprint density at radius 1 is 0.780 bits per heavy atom. The largest absolute Gasteiger partial charge is 1.00 e. The van der Waals surface area contributed by atoms with Crippen LogP contribution in [0.2, 0.25) is 0 Å². The molecule has 3 heterocycles. The summed E-state index contributed by atoms with van der Waals surface area (Å²) in [6.45, 7) is 2.72. The zero-order valence-electron chi connectivity index (χ0n) is 22.2. The van der Waals surface area contributed by atoms with Gasteiger partial charge in [0.1, 0.15) is 13.0 Å². The van der Waals surface area contributed by atoms with Crippen LogP contribution in [0, 0.1) is 0 Å². The molecule has 0 spiro atoms. The SMILES string of the molecule is CC(N=Nc1cccc[n+]1CCC(=O)O)=NN=c1ccccn1CCC(=O)O.O=C(O)CC[n+]1ccccc1.[Cl-].[Cl-]. The van der Waals surface area contributed by atoms with Gasteiger partial charge in [-0.25, -0.2) is 9.13 Å². The number of azo groups is 1. The Morgan fingerprint density at radius 2 is 1.39 bits per heavy atom. The summed E-state index contributed by atoms with van der Waals surface area (Å²) in [6, 6.07) is 16.2. The van der Waals surface area contributed by atoms with Crippen LogP contribution >= 0.6 is 0 Å². The number of carboxylic acids is 3. The van der Waals surface area contributed by atoms with Gasteiger partial charge in [0.05, 0.1) is 24.2 Å². The molecule has 13 nitrogen and oxygen atoms in total. The first kappa shape index (κ1) is 36.5. The van der Waals surface area contributed by atoms with Gasteiger partial charge in [-0.05, 0) is 23.3 Å². The summed E-state index contributed by atoms with van der Waals surface area (Å²) in [6.07, 6.45) is 7.28. The third-order valence-electron chi connectivity index (χ3n) is 4.92. The van der Waals surface area contributed by atoms with Crippen molar-refractivity contribution in [2.75, 3.05) is 0 Å². The summed E-state index contributed by atoms with van der Waals surface area (Å²) in [5.74, 6) is -1.76. The van der Waals surface area contributed by atoms with Crippen LogP contribution in [0.3, 0.4) is 0 Å². The van der Waals surface area contributed by atoms with E-state index in [1.807, 2.05) is 35.2 Å². The van der Waals surface area contributed by atoms with Crippen LogP contribution in [-0.4, -0.2) is 43.6 Å². The third kappa shape index (κ3) is 15.6. The molecule has 0 saturated carbocycles. The van der Waals surface area contributed by atoms with Crippen LogP contribution in [0.4, 0.5) is 5.82 Å². The van der Waals surface area contributed by atoms with E-state index in [2.05, 4.69) is 20.4 Å². The Kier molecular flexibility index (Phi) is 18.2. The Balaban J connectivity index is 0.00000104. The van der Waals surface area contributed by atoms with E-state index in [0.717, 1.165) is 0 Å². The van der Waals surface area contributed by atoms with Crippen LogP contribution < -0.4 is 39.4 Å². The fourth-order valence-corrected chi connectivity index (χ4v) is 3.00. The van der Waals surface area contributed by atoms with E-state index in [-0.39, 0.29) is 57.2 Å². The van der Waals surface area contributed by atoms with Crippen LogP contribution in [0.5, 0.6) is 0 Å². The summed E-state index contributed by atoms with van der Waals surface area (Å²) in [5.41, 5.74) is 0.495. The monoisotopic (exact) mass is 607 g/mol. The molecule has 0 bridgehead atoms. The normalized spacial score (nSPS) is 11.0. The molecule has 41 heavy (non-hydrogen) atoms. The summed E-state index contributed by atoms with van der Waals surface area (Å²) in [5, 5.41) is 42.2. The van der Waals surface area contributed by atoms with Gasteiger partial charge >= 0.3 is 23.7 Å². The topological polar surface area (TPSA) is 174 Å². The quantitative estimate of drug-likeness (QED) is 0.0662. The van der Waals surface area contributed by atoms with E-state index in [0.29, 0.717) is 23.7 Å².